The van der Waals surface area contributed by atoms with Gasteiger partial charge >= 0.3 is 0 Å². The molecule has 0 radical (unpaired) electrons. The van der Waals surface area contributed by atoms with Gasteiger partial charge < -0.3 is 10.5 Å². The van der Waals surface area contributed by atoms with Crippen molar-refractivity contribution in [2.24, 2.45) is 11.7 Å². The first-order valence-electron chi connectivity index (χ1n) is 7.73. The maximum absolute atomic E-state index is 6.45. The summed E-state index contributed by atoms with van der Waals surface area (Å²) in [5.74, 6) is 0.632. The Labute approximate surface area is 126 Å². The van der Waals surface area contributed by atoms with E-state index in [4.69, 9.17) is 22.1 Å². The maximum atomic E-state index is 6.45. The number of nitrogens with two attached hydrogens (primary N) is 1. The molecule has 1 fully saturated rings. The molecule has 1 aromatic rings. The van der Waals surface area contributed by atoms with Crippen LogP contribution in [0, 0.1) is 5.92 Å². The van der Waals surface area contributed by atoms with E-state index >= 15 is 0 Å². The van der Waals surface area contributed by atoms with Crippen molar-refractivity contribution in [1.29, 1.82) is 0 Å². The van der Waals surface area contributed by atoms with Gasteiger partial charge in [0.25, 0.3) is 0 Å². The molecule has 0 bridgehead atoms. The summed E-state index contributed by atoms with van der Waals surface area (Å²) in [5.41, 5.74) is 8.42. The maximum Gasteiger partial charge on any atom is 0.0850 e. The summed E-state index contributed by atoms with van der Waals surface area (Å²) in [4.78, 5) is 0. The number of rotatable bonds is 8. The zero-order chi connectivity index (χ0) is 14.7. The number of halogens is 1. The molecule has 20 heavy (non-hydrogen) atoms. The molecule has 2 rings (SSSR count). The first-order chi connectivity index (χ1) is 9.62. The minimum Gasteiger partial charge on any atom is -0.377 e. The van der Waals surface area contributed by atoms with Gasteiger partial charge in [-0.3, -0.25) is 4.68 Å². The lowest BCUT2D eigenvalue weighted by Gasteiger charge is -2.24. The van der Waals surface area contributed by atoms with Crippen LogP contribution in [0.1, 0.15) is 45.0 Å². The number of hydrogen-bond acceptors (Lipinski definition) is 3. The fourth-order valence-corrected chi connectivity index (χ4v) is 3.12. The van der Waals surface area contributed by atoms with Crippen LogP contribution in [-0.2, 0) is 24.1 Å². The largest absolute Gasteiger partial charge is 0.377 e. The Morgan fingerprint density at radius 3 is 2.60 bits per heavy atom. The molecule has 1 aliphatic carbocycles. The monoisotopic (exact) mass is 299 g/mol. The van der Waals surface area contributed by atoms with Crippen molar-refractivity contribution in [3.8, 4) is 0 Å². The van der Waals surface area contributed by atoms with Crippen LogP contribution in [0.3, 0.4) is 0 Å². The van der Waals surface area contributed by atoms with Crippen LogP contribution in [0.4, 0.5) is 0 Å². The minimum atomic E-state index is -0.00773. The van der Waals surface area contributed by atoms with Crippen LogP contribution in [0.5, 0.6) is 0 Å². The Morgan fingerprint density at radius 1 is 1.40 bits per heavy atom. The lowest BCUT2D eigenvalue weighted by molar-refractivity contribution is 0.0284. The highest BCUT2D eigenvalue weighted by Gasteiger charge is 2.36. The summed E-state index contributed by atoms with van der Waals surface area (Å²) in [6.07, 6.45) is 4.21. The third-order valence-electron chi connectivity index (χ3n) is 3.99. The van der Waals surface area contributed by atoms with Crippen LogP contribution in [-0.4, -0.2) is 28.5 Å². The van der Waals surface area contributed by atoms with Gasteiger partial charge in [-0.15, -0.1) is 0 Å². The van der Waals surface area contributed by atoms with E-state index in [2.05, 4.69) is 18.9 Å². The van der Waals surface area contributed by atoms with Gasteiger partial charge in [-0.1, -0.05) is 18.5 Å². The standard InChI is InChI=1S/C15H26ClN3O/c1-4-12-14(16)13(19(5-2)18-12)9-11(17)15(20-6-3)10-7-8-10/h10-11,15H,4-9,17H2,1-3H3. The zero-order valence-electron chi connectivity index (χ0n) is 12.7. The molecule has 0 aliphatic heterocycles. The van der Waals surface area contributed by atoms with Gasteiger partial charge in [0.15, 0.2) is 0 Å². The summed E-state index contributed by atoms with van der Waals surface area (Å²) in [7, 11) is 0. The molecular formula is C15H26ClN3O. The average Bonchev–Trinajstić information content (AvgIpc) is 3.23. The Morgan fingerprint density at radius 2 is 2.10 bits per heavy atom. The fraction of sp³-hybridized carbons (Fsp3) is 0.800. The molecule has 114 valence electrons. The summed E-state index contributed by atoms with van der Waals surface area (Å²) in [6, 6.07) is -0.00773. The molecule has 0 amide bonds. The zero-order valence-corrected chi connectivity index (χ0v) is 13.5. The number of aryl methyl sites for hydroxylation is 2. The molecule has 0 spiro atoms. The van der Waals surface area contributed by atoms with E-state index in [1.54, 1.807) is 0 Å². The van der Waals surface area contributed by atoms with E-state index < -0.39 is 0 Å². The number of hydrogen-bond donors (Lipinski definition) is 1. The second-order valence-electron chi connectivity index (χ2n) is 5.50. The van der Waals surface area contributed by atoms with Crippen molar-refractivity contribution < 1.29 is 4.74 Å². The summed E-state index contributed by atoms with van der Waals surface area (Å²) in [5, 5.41) is 5.34. The average molecular weight is 300 g/mol. The van der Waals surface area contributed by atoms with Gasteiger partial charge in [0.1, 0.15) is 0 Å². The van der Waals surface area contributed by atoms with Crippen molar-refractivity contribution in [2.45, 2.75) is 65.1 Å². The van der Waals surface area contributed by atoms with Crippen LogP contribution in [0.25, 0.3) is 0 Å². The minimum absolute atomic E-state index is 0.00773. The molecule has 1 aliphatic rings. The van der Waals surface area contributed by atoms with E-state index in [1.165, 1.54) is 12.8 Å². The predicted octanol–water partition coefficient (Wildman–Crippen LogP) is 2.80. The Hall–Kier alpha value is -0.580. The molecule has 0 saturated heterocycles. The highest BCUT2D eigenvalue weighted by molar-refractivity contribution is 6.31. The van der Waals surface area contributed by atoms with Crippen molar-refractivity contribution in [1.82, 2.24) is 9.78 Å². The molecule has 1 aromatic heterocycles. The number of aromatic nitrogens is 2. The van der Waals surface area contributed by atoms with Crippen molar-refractivity contribution in [3.05, 3.63) is 16.4 Å². The van der Waals surface area contributed by atoms with Crippen LogP contribution in [0.15, 0.2) is 0 Å². The Balaban J connectivity index is 2.13. The molecule has 2 unspecified atom stereocenters. The van der Waals surface area contributed by atoms with E-state index in [1.807, 2.05) is 11.6 Å². The van der Waals surface area contributed by atoms with Gasteiger partial charge in [-0.05, 0) is 39.0 Å². The third-order valence-corrected chi connectivity index (χ3v) is 4.43. The van der Waals surface area contributed by atoms with Gasteiger partial charge in [0.05, 0.1) is 22.5 Å². The van der Waals surface area contributed by atoms with E-state index in [0.717, 1.165) is 42.4 Å². The number of nitrogens with zero attached hydrogens (tertiary/aromatic N) is 2. The molecule has 2 atom stereocenters. The van der Waals surface area contributed by atoms with Gasteiger partial charge in [-0.2, -0.15) is 5.10 Å². The van der Waals surface area contributed by atoms with Gasteiger partial charge in [-0.25, -0.2) is 0 Å². The first kappa shape index (κ1) is 15.8. The van der Waals surface area contributed by atoms with E-state index in [9.17, 15) is 0 Å². The third kappa shape index (κ3) is 3.35. The molecular weight excluding hydrogens is 274 g/mol. The van der Waals surface area contributed by atoms with Crippen LogP contribution >= 0.6 is 11.6 Å². The van der Waals surface area contributed by atoms with E-state index in [0.29, 0.717) is 5.92 Å². The topological polar surface area (TPSA) is 53.1 Å². The molecule has 4 nitrogen and oxygen atoms in total. The molecule has 1 heterocycles. The second-order valence-corrected chi connectivity index (χ2v) is 5.88. The van der Waals surface area contributed by atoms with Gasteiger partial charge in [0.2, 0.25) is 0 Å². The quantitative estimate of drug-likeness (QED) is 0.803. The lowest BCUT2D eigenvalue weighted by atomic mass is 10.0. The highest BCUT2D eigenvalue weighted by atomic mass is 35.5. The molecule has 5 heteroatoms. The SMILES string of the molecule is CCOC(C(N)Cc1c(Cl)c(CC)nn1CC)C1CC1. The van der Waals surface area contributed by atoms with Crippen molar-refractivity contribution in [3.63, 3.8) is 0 Å². The van der Waals surface area contributed by atoms with Crippen LogP contribution in [0.2, 0.25) is 5.02 Å². The molecule has 0 aromatic carbocycles. The fourth-order valence-electron chi connectivity index (χ4n) is 2.78. The Kier molecular flexibility index (Phi) is 5.47. The highest BCUT2D eigenvalue weighted by Crippen LogP contribution is 2.36. The summed E-state index contributed by atoms with van der Waals surface area (Å²) >= 11 is 6.45. The van der Waals surface area contributed by atoms with E-state index in [-0.39, 0.29) is 12.1 Å². The summed E-state index contributed by atoms with van der Waals surface area (Å²) < 4.78 is 7.83. The van der Waals surface area contributed by atoms with Crippen molar-refractivity contribution in [2.75, 3.05) is 6.61 Å². The van der Waals surface area contributed by atoms with Crippen LogP contribution < -0.4 is 5.73 Å². The Bertz CT molecular complexity index is 443. The summed E-state index contributed by atoms with van der Waals surface area (Å²) in [6.45, 7) is 7.73. The first-order valence-corrected chi connectivity index (χ1v) is 8.11. The van der Waals surface area contributed by atoms with Crippen molar-refractivity contribution >= 4 is 11.6 Å². The van der Waals surface area contributed by atoms with Gasteiger partial charge in [0, 0.05) is 25.6 Å². The predicted molar refractivity (Wildman–Crippen MR) is 82.1 cm³/mol. The smallest absolute Gasteiger partial charge is 0.0850 e. The molecule has 2 N–H and O–H groups in total. The molecule has 1 saturated carbocycles. The normalized spacial score (nSPS) is 18.2. The lowest BCUT2D eigenvalue weighted by Crippen LogP contribution is -2.40. The second kappa shape index (κ2) is 6.92. The number of ether oxygens (including phenoxy) is 1.